The molecule has 1 aromatic heterocycles. The number of halogens is 5. The van der Waals surface area contributed by atoms with Crippen LogP contribution in [0.15, 0.2) is 54.6 Å². The van der Waals surface area contributed by atoms with Crippen LogP contribution in [0.5, 0.6) is 0 Å². The molecule has 1 heterocycles. The van der Waals surface area contributed by atoms with E-state index in [1.54, 1.807) is 36.4 Å². The zero-order chi connectivity index (χ0) is 20.2. The van der Waals surface area contributed by atoms with E-state index in [9.17, 15) is 13.2 Å². The first-order valence-corrected chi connectivity index (χ1v) is 8.01. The number of nitrogens with zero attached hydrogens (tertiary/aromatic N) is 2. The van der Waals surface area contributed by atoms with Crippen molar-refractivity contribution < 1.29 is 23.1 Å². The highest BCUT2D eigenvalue weighted by Crippen LogP contribution is 2.35. The lowest BCUT2D eigenvalue weighted by Crippen LogP contribution is -2.07. The third kappa shape index (κ3) is 5.38. The number of aromatic nitrogens is 2. The summed E-state index contributed by atoms with van der Waals surface area (Å²) in [5, 5.41) is 11.5. The van der Waals surface area contributed by atoms with E-state index in [1.807, 2.05) is 0 Å². The summed E-state index contributed by atoms with van der Waals surface area (Å²) in [6, 6.07) is 14.2. The molecule has 3 aromatic rings. The predicted octanol–water partition coefficient (Wildman–Crippen LogP) is 5.49. The second kappa shape index (κ2) is 8.32. The molecule has 0 aliphatic carbocycles. The molecular weight excluding hydrogens is 406 g/mol. The van der Waals surface area contributed by atoms with E-state index in [-0.39, 0.29) is 10.7 Å². The normalized spacial score (nSPS) is 10.9. The average Bonchev–Trinajstić information content (AvgIpc) is 3.03. The lowest BCUT2D eigenvalue weighted by Gasteiger charge is -2.08. The van der Waals surface area contributed by atoms with Crippen molar-refractivity contribution in [3.8, 4) is 16.9 Å². The molecule has 142 valence electrons. The van der Waals surface area contributed by atoms with E-state index in [4.69, 9.17) is 33.1 Å². The van der Waals surface area contributed by atoms with Crippen molar-refractivity contribution in [3.63, 3.8) is 0 Å². The van der Waals surface area contributed by atoms with Crippen LogP contribution in [0.4, 0.5) is 18.0 Å². The van der Waals surface area contributed by atoms with E-state index in [0.29, 0.717) is 16.3 Å². The Bertz CT molecular complexity index is 940. The van der Waals surface area contributed by atoms with Crippen LogP contribution in [-0.4, -0.2) is 21.0 Å². The Balaban J connectivity index is 0.000000596. The molecule has 1 amide bonds. The van der Waals surface area contributed by atoms with Gasteiger partial charge in [-0.1, -0.05) is 47.5 Å². The van der Waals surface area contributed by atoms with Gasteiger partial charge in [0.25, 0.3) is 0 Å². The Labute approximate surface area is 161 Å². The largest absolute Gasteiger partial charge is 0.465 e. The lowest BCUT2D eigenvalue weighted by molar-refractivity contribution is -0.141. The number of benzene rings is 2. The van der Waals surface area contributed by atoms with Crippen molar-refractivity contribution in [1.29, 1.82) is 0 Å². The predicted molar refractivity (Wildman–Crippen MR) is 96.2 cm³/mol. The van der Waals surface area contributed by atoms with E-state index in [1.165, 1.54) is 16.8 Å². The number of carboxylic acid groups (broad SMARTS) is 1. The standard InChI is InChI=1S/C16H9Cl2F3N2.CH3NO2/c17-12-7-6-10(8-13(12)18)14-9-15(16(19,20)21)22-23(14)11-4-2-1-3-5-11;2-1(3)4/h1-9H;2H2,(H,3,4). The second-order valence-corrected chi connectivity index (χ2v) is 5.94. The van der Waals surface area contributed by atoms with E-state index in [0.717, 1.165) is 6.07 Å². The average molecular weight is 418 g/mol. The number of hydrogen-bond acceptors (Lipinski definition) is 2. The van der Waals surface area contributed by atoms with Gasteiger partial charge in [0.1, 0.15) is 0 Å². The van der Waals surface area contributed by atoms with Gasteiger partial charge in [-0.05, 0) is 30.3 Å². The van der Waals surface area contributed by atoms with E-state index < -0.39 is 18.0 Å². The van der Waals surface area contributed by atoms with Crippen LogP contribution in [0.3, 0.4) is 0 Å². The lowest BCUT2D eigenvalue weighted by atomic mass is 10.1. The SMILES string of the molecule is FC(F)(F)c1cc(-c2ccc(Cl)c(Cl)c2)n(-c2ccccc2)n1.NC(=O)O. The van der Waals surface area contributed by atoms with Crippen LogP contribution in [0.25, 0.3) is 16.9 Å². The molecule has 0 spiro atoms. The molecule has 27 heavy (non-hydrogen) atoms. The van der Waals surface area contributed by atoms with Crippen molar-refractivity contribution in [2.75, 3.05) is 0 Å². The summed E-state index contributed by atoms with van der Waals surface area (Å²) in [4.78, 5) is 8.78. The number of rotatable bonds is 2. The third-order valence-electron chi connectivity index (χ3n) is 3.22. The summed E-state index contributed by atoms with van der Waals surface area (Å²) in [7, 11) is 0. The second-order valence-electron chi connectivity index (χ2n) is 5.13. The smallest absolute Gasteiger partial charge is 0.435 e. The maximum Gasteiger partial charge on any atom is 0.435 e. The molecule has 3 rings (SSSR count). The minimum atomic E-state index is -4.54. The number of hydrogen-bond donors (Lipinski definition) is 2. The van der Waals surface area contributed by atoms with Gasteiger partial charge >= 0.3 is 12.3 Å². The fourth-order valence-corrected chi connectivity index (χ4v) is 2.44. The number of primary amides is 1. The highest BCUT2D eigenvalue weighted by Gasteiger charge is 2.35. The number of carbonyl (C=O) groups is 1. The molecule has 0 atom stereocenters. The van der Waals surface area contributed by atoms with Gasteiger partial charge in [-0.3, -0.25) is 0 Å². The van der Waals surface area contributed by atoms with Gasteiger partial charge in [0.2, 0.25) is 0 Å². The van der Waals surface area contributed by atoms with Crippen LogP contribution in [-0.2, 0) is 6.18 Å². The summed E-state index contributed by atoms with van der Waals surface area (Å²) < 4.78 is 40.3. The fourth-order valence-electron chi connectivity index (χ4n) is 2.15. The molecule has 10 heteroatoms. The van der Waals surface area contributed by atoms with Crippen LogP contribution in [0.2, 0.25) is 10.0 Å². The molecule has 3 N–H and O–H groups in total. The van der Waals surface area contributed by atoms with Crippen molar-refractivity contribution in [1.82, 2.24) is 9.78 Å². The summed E-state index contributed by atoms with van der Waals surface area (Å²) in [5.41, 5.74) is 4.35. The summed E-state index contributed by atoms with van der Waals surface area (Å²) in [6.45, 7) is 0. The molecular formula is C17H12Cl2F3N3O2. The molecule has 0 unspecified atom stereocenters. The van der Waals surface area contributed by atoms with Gasteiger partial charge in [0, 0.05) is 5.56 Å². The minimum Gasteiger partial charge on any atom is -0.465 e. The number of para-hydroxylation sites is 1. The number of amides is 1. The van der Waals surface area contributed by atoms with Crippen LogP contribution >= 0.6 is 23.2 Å². The summed E-state index contributed by atoms with van der Waals surface area (Å²) in [5.74, 6) is 0. The molecule has 0 saturated heterocycles. The van der Waals surface area contributed by atoms with E-state index in [2.05, 4.69) is 10.8 Å². The first-order valence-electron chi connectivity index (χ1n) is 7.26. The quantitative estimate of drug-likeness (QED) is 0.578. The maximum atomic E-state index is 13.0. The first kappa shape index (κ1) is 20.6. The summed E-state index contributed by atoms with van der Waals surface area (Å²) in [6.07, 6.45) is -5.87. The maximum absolute atomic E-state index is 13.0. The Morgan fingerprint density at radius 3 is 2.15 bits per heavy atom. The third-order valence-corrected chi connectivity index (χ3v) is 3.95. The van der Waals surface area contributed by atoms with Gasteiger partial charge in [-0.15, -0.1) is 0 Å². The number of alkyl halides is 3. The first-order chi connectivity index (χ1) is 12.6. The Morgan fingerprint density at radius 2 is 1.63 bits per heavy atom. The van der Waals surface area contributed by atoms with Crippen LogP contribution in [0, 0.1) is 0 Å². The Kier molecular flexibility index (Phi) is 6.35. The molecule has 5 nitrogen and oxygen atoms in total. The minimum absolute atomic E-state index is 0.263. The van der Waals surface area contributed by atoms with Gasteiger partial charge < -0.3 is 10.8 Å². The molecule has 0 aliphatic rings. The van der Waals surface area contributed by atoms with Gasteiger partial charge in [0.05, 0.1) is 21.4 Å². The van der Waals surface area contributed by atoms with E-state index >= 15 is 0 Å². The Morgan fingerprint density at radius 1 is 1.04 bits per heavy atom. The molecule has 0 fully saturated rings. The van der Waals surface area contributed by atoms with Crippen LogP contribution < -0.4 is 5.73 Å². The van der Waals surface area contributed by atoms with Crippen molar-refractivity contribution in [2.45, 2.75) is 6.18 Å². The Hall–Kier alpha value is -2.71. The van der Waals surface area contributed by atoms with Gasteiger partial charge in [0.15, 0.2) is 5.69 Å². The van der Waals surface area contributed by atoms with Gasteiger partial charge in [-0.2, -0.15) is 18.3 Å². The molecule has 2 aromatic carbocycles. The zero-order valence-electron chi connectivity index (χ0n) is 13.4. The molecule has 0 saturated carbocycles. The number of nitrogens with two attached hydrogens (primary N) is 1. The highest BCUT2D eigenvalue weighted by atomic mass is 35.5. The van der Waals surface area contributed by atoms with Crippen molar-refractivity contribution >= 4 is 29.3 Å². The monoisotopic (exact) mass is 417 g/mol. The zero-order valence-corrected chi connectivity index (χ0v) is 14.9. The molecule has 0 bridgehead atoms. The van der Waals surface area contributed by atoms with Crippen molar-refractivity contribution in [2.24, 2.45) is 5.73 Å². The topological polar surface area (TPSA) is 81.1 Å². The molecule has 0 radical (unpaired) electrons. The summed E-state index contributed by atoms with van der Waals surface area (Å²) >= 11 is 11.8. The highest BCUT2D eigenvalue weighted by molar-refractivity contribution is 6.42. The van der Waals surface area contributed by atoms with Crippen LogP contribution in [0.1, 0.15) is 5.69 Å². The van der Waals surface area contributed by atoms with Crippen molar-refractivity contribution in [3.05, 3.63) is 70.3 Å². The fraction of sp³-hybridized carbons (Fsp3) is 0.0588. The molecule has 0 aliphatic heterocycles. The van der Waals surface area contributed by atoms with Gasteiger partial charge in [-0.25, -0.2) is 9.48 Å².